The van der Waals surface area contributed by atoms with Crippen LogP contribution in [0.3, 0.4) is 0 Å². The van der Waals surface area contributed by atoms with Gasteiger partial charge < -0.3 is 14.2 Å². The first-order valence-corrected chi connectivity index (χ1v) is 7.97. The average molecular weight is 336 g/mol. The van der Waals surface area contributed by atoms with Gasteiger partial charge in [0, 0.05) is 31.6 Å². The molecule has 1 aromatic heterocycles. The minimum absolute atomic E-state index is 0.170. The van der Waals surface area contributed by atoms with Crippen LogP contribution in [0, 0.1) is 0 Å². The van der Waals surface area contributed by atoms with Gasteiger partial charge in [-0.1, -0.05) is 0 Å². The fraction of sp³-hybridized carbons (Fsp3) is 0.467. The molecule has 1 aliphatic carbocycles. The van der Waals surface area contributed by atoms with E-state index in [-0.39, 0.29) is 23.1 Å². The number of aromatic nitrogens is 2. The normalized spacial score (nSPS) is 22.3. The van der Waals surface area contributed by atoms with Crippen LogP contribution in [-0.4, -0.2) is 51.0 Å². The van der Waals surface area contributed by atoms with Crippen molar-refractivity contribution in [1.82, 2.24) is 14.5 Å². The molecule has 0 aromatic carbocycles. The summed E-state index contributed by atoms with van der Waals surface area (Å²) in [5.74, 6) is -0.726. The number of hydrogen-bond donors (Lipinski definition) is 0. The Labute approximate surface area is 136 Å². The number of carbonyl (C=O) groups excluding carboxylic acids is 3. The Morgan fingerprint density at radius 2 is 2.04 bits per heavy atom. The molecule has 3 heterocycles. The third-order valence-corrected chi connectivity index (χ3v) is 4.61. The lowest BCUT2D eigenvalue weighted by atomic mass is 9.95. The number of alkyl halides is 1. The Morgan fingerprint density at radius 3 is 2.70 bits per heavy atom. The number of rotatable bonds is 3. The van der Waals surface area contributed by atoms with Crippen LogP contribution in [0.4, 0.5) is 0 Å². The molecule has 120 valence electrons. The van der Waals surface area contributed by atoms with Gasteiger partial charge in [-0.15, -0.1) is 11.6 Å². The third kappa shape index (κ3) is 2.03. The van der Waals surface area contributed by atoms with Crippen molar-refractivity contribution in [2.75, 3.05) is 19.0 Å². The fourth-order valence-corrected chi connectivity index (χ4v) is 3.29. The maximum Gasteiger partial charge on any atom is 0.321 e. The van der Waals surface area contributed by atoms with Crippen molar-refractivity contribution in [3.05, 3.63) is 28.5 Å². The summed E-state index contributed by atoms with van der Waals surface area (Å²) in [6, 6.07) is 0. The molecule has 8 heteroatoms. The van der Waals surface area contributed by atoms with Gasteiger partial charge in [-0.05, 0) is 6.92 Å². The molecule has 4 rings (SSSR count). The van der Waals surface area contributed by atoms with E-state index < -0.39 is 12.1 Å². The monoisotopic (exact) mass is 335 g/mol. The van der Waals surface area contributed by atoms with Gasteiger partial charge in [-0.2, -0.15) is 0 Å². The molecule has 1 atom stereocenters. The second kappa shape index (κ2) is 4.92. The van der Waals surface area contributed by atoms with Crippen LogP contribution in [0.2, 0.25) is 0 Å². The third-order valence-electron chi connectivity index (χ3n) is 4.39. The van der Waals surface area contributed by atoms with E-state index in [2.05, 4.69) is 4.98 Å². The molecule has 0 bridgehead atoms. The molecular weight excluding hydrogens is 322 g/mol. The van der Waals surface area contributed by atoms with E-state index in [9.17, 15) is 14.4 Å². The first-order valence-electron chi connectivity index (χ1n) is 7.44. The largest absolute Gasteiger partial charge is 0.453 e. The quantitative estimate of drug-likeness (QED) is 0.467. The van der Waals surface area contributed by atoms with E-state index in [4.69, 9.17) is 16.3 Å². The van der Waals surface area contributed by atoms with Gasteiger partial charge in [-0.25, -0.2) is 4.98 Å². The Bertz CT molecular complexity index is 791. The second-order valence-corrected chi connectivity index (χ2v) is 6.11. The average Bonchev–Trinajstić information content (AvgIpc) is 3.17. The predicted molar refractivity (Wildman–Crippen MR) is 79.3 cm³/mol. The van der Waals surface area contributed by atoms with Gasteiger partial charge in [0.2, 0.25) is 11.6 Å². The van der Waals surface area contributed by atoms with Crippen molar-refractivity contribution in [2.24, 2.45) is 0 Å². The van der Waals surface area contributed by atoms with Crippen LogP contribution in [0.1, 0.15) is 46.2 Å². The number of nitrogens with zero attached hydrogens (tertiary/aromatic N) is 3. The fourth-order valence-electron chi connectivity index (χ4n) is 3.23. The van der Waals surface area contributed by atoms with E-state index in [1.54, 1.807) is 11.5 Å². The number of fused-ring (bicyclic) bond motifs is 3. The molecule has 1 fully saturated rings. The smallest absolute Gasteiger partial charge is 0.321 e. The van der Waals surface area contributed by atoms with Gasteiger partial charge in [0.15, 0.2) is 11.9 Å². The Balaban J connectivity index is 1.76. The van der Waals surface area contributed by atoms with Gasteiger partial charge in [-0.3, -0.25) is 14.4 Å². The van der Waals surface area contributed by atoms with Crippen molar-refractivity contribution >= 4 is 29.1 Å². The summed E-state index contributed by atoms with van der Waals surface area (Å²) in [5, 5.41) is 0. The first-order chi connectivity index (χ1) is 11.0. The number of Topliss-reactive ketones (excluding diaryl/α,β-unsaturated/α-hetero) is 2. The van der Waals surface area contributed by atoms with Crippen molar-refractivity contribution in [3.63, 3.8) is 0 Å². The molecule has 0 spiro atoms. The van der Waals surface area contributed by atoms with E-state index in [1.165, 1.54) is 0 Å². The topological polar surface area (TPSA) is 81.3 Å². The molecule has 2 aliphatic heterocycles. The highest BCUT2D eigenvalue weighted by molar-refractivity contribution is 6.26. The number of imidazole rings is 1. The summed E-state index contributed by atoms with van der Waals surface area (Å²) in [6.45, 7) is 3.73. The van der Waals surface area contributed by atoms with E-state index in [0.29, 0.717) is 35.8 Å². The van der Waals surface area contributed by atoms with Gasteiger partial charge in [0.05, 0.1) is 5.70 Å². The lowest BCUT2D eigenvalue weighted by Gasteiger charge is -2.17. The summed E-state index contributed by atoms with van der Waals surface area (Å²) in [7, 11) is 0. The van der Waals surface area contributed by atoms with Crippen molar-refractivity contribution in [3.8, 4) is 0 Å². The number of ketones is 2. The molecular formula is C15H14ClN3O4. The van der Waals surface area contributed by atoms with E-state index in [0.717, 1.165) is 13.1 Å². The van der Waals surface area contributed by atoms with Gasteiger partial charge >= 0.3 is 5.97 Å². The first kappa shape index (κ1) is 14.4. The Morgan fingerprint density at radius 1 is 1.30 bits per heavy atom. The molecule has 1 saturated heterocycles. The van der Waals surface area contributed by atoms with Crippen molar-refractivity contribution < 1.29 is 19.1 Å². The zero-order valence-corrected chi connectivity index (χ0v) is 13.2. The zero-order chi connectivity index (χ0) is 16.3. The van der Waals surface area contributed by atoms with Crippen LogP contribution in [-0.2, 0) is 16.1 Å². The summed E-state index contributed by atoms with van der Waals surface area (Å²) >= 11 is 5.46. The zero-order valence-electron chi connectivity index (χ0n) is 12.5. The van der Waals surface area contributed by atoms with Crippen LogP contribution >= 0.6 is 11.6 Å². The lowest BCUT2D eigenvalue weighted by Crippen LogP contribution is -2.26. The summed E-state index contributed by atoms with van der Waals surface area (Å²) in [5.41, 5.74) is 1.40. The summed E-state index contributed by atoms with van der Waals surface area (Å²) in [6.07, 6.45) is -0.0287. The number of allylic oxidation sites excluding steroid dienone is 2. The molecule has 23 heavy (non-hydrogen) atoms. The van der Waals surface area contributed by atoms with Crippen molar-refractivity contribution in [2.45, 2.75) is 26.0 Å². The van der Waals surface area contributed by atoms with Gasteiger partial charge in [0.1, 0.15) is 17.3 Å². The minimum Gasteiger partial charge on any atom is -0.453 e. The minimum atomic E-state index is -0.558. The van der Waals surface area contributed by atoms with Crippen LogP contribution in [0.25, 0.3) is 0 Å². The van der Waals surface area contributed by atoms with Crippen LogP contribution in [0.15, 0.2) is 11.3 Å². The highest BCUT2D eigenvalue weighted by atomic mass is 35.5. The van der Waals surface area contributed by atoms with E-state index >= 15 is 0 Å². The SMILES string of the molecule is CC1=C(N2CC2)C(=O)c2nc3n(c2C1=O)CC[C@H]3OC(=O)CCl. The van der Waals surface area contributed by atoms with Crippen LogP contribution < -0.4 is 0 Å². The summed E-state index contributed by atoms with van der Waals surface area (Å²) in [4.78, 5) is 43.0. The molecule has 0 N–H and O–H groups in total. The second-order valence-electron chi connectivity index (χ2n) is 5.84. The highest BCUT2D eigenvalue weighted by Crippen LogP contribution is 2.37. The number of ether oxygens (including phenoxy) is 1. The molecule has 7 nitrogen and oxygen atoms in total. The molecule has 1 aromatic rings. The summed E-state index contributed by atoms with van der Waals surface area (Å²) < 4.78 is 6.95. The molecule has 0 amide bonds. The Kier molecular flexibility index (Phi) is 3.09. The highest BCUT2D eigenvalue weighted by Gasteiger charge is 2.43. The van der Waals surface area contributed by atoms with Crippen molar-refractivity contribution in [1.29, 1.82) is 0 Å². The number of esters is 1. The maximum atomic E-state index is 12.7. The number of halogens is 1. The predicted octanol–water partition coefficient (Wildman–Crippen LogP) is 1.08. The standard InChI is InChI=1S/C15H14ClN3O4/c1-7-11(18-4-5-18)14(22)10-12(13(7)21)19-3-2-8(15(19)17-10)23-9(20)6-16/h8H,2-6H2,1H3/t8-/m1/s1. The van der Waals surface area contributed by atoms with Gasteiger partial charge in [0.25, 0.3) is 0 Å². The number of hydrogen-bond acceptors (Lipinski definition) is 6. The molecule has 3 aliphatic rings. The van der Waals surface area contributed by atoms with E-state index in [1.807, 2.05) is 4.90 Å². The number of carbonyl (C=O) groups is 3. The Hall–Kier alpha value is -2.15. The molecule has 0 unspecified atom stereocenters. The molecule has 0 saturated carbocycles. The molecule has 0 radical (unpaired) electrons. The van der Waals surface area contributed by atoms with Crippen LogP contribution in [0.5, 0.6) is 0 Å². The maximum absolute atomic E-state index is 12.7. The lowest BCUT2D eigenvalue weighted by molar-refractivity contribution is -0.146.